The number of aryl methyl sites for hydroxylation is 2. The van der Waals surface area contributed by atoms with Crippen molar-refractivity contribution < 1.29 is 4.79 Å². The van der Waals surface area contributed by atoms with Gasteiger partial charge in [0.15, 0.2) is 11.0 Å². The molecular weight excluding hydrogens is 370 g/mol. The van der Waals surface area contributed by atoms with Crippen molar-refractivity contribution in [3.63, 3.8) is 0 Å². The van der Waals surface area contributed by atoms with Crippen molar-refractivity contribution in [2.75, 3.05) is 5.32 Å². The molecule has 1 aromatic carbocycles. The number of benzene rings is 1. The number of hydrogen-bond donors (Lipinski definition) is 1. The first-order valence-corrected chi connectivity index (χ1v) is 10.3. The summed E-state index contributed by atoms with van der Waals surface area (Å²) in [5, 5.41) is 12.1. The highest BCUT2D eigenvalue weighted by Gasteiger charge is 2.21. The molecule has 0 aliphatic heterocycles. The van der Waals surface area contributed by atoms with Gasteiger partial charge in [-0.15, -0.1) is 10.2 Å². The number of carbonyl (C=O) groups is 1. The van der Waals surface area contributed by atoms with Crippen LogP contribution in [0.15, 0.2) is 47.8 Å². The van der Waals surface area contributed by atoms with Crippen molar-refractivity contribution in [3.05, 3.63) is 53.7 Å². The molecule has 2 aromatic heterocycles. The van der Waals surface area contributed by atoms with Gasteiger partial charge >= 0.3 is 0 Å². The fraction of sp³-hybridized carbons (Fsp3) is 0.333. The van der Waals surface area contributed by atoms with Crippen LogP contribution in [0.2, 0.25) is 0 Å². The molecule has 0 radical (unpaired) electrons. The van der Waals surface area contributed by atoms with Gasteiger partial charge < -0.3 is 9.88 Å². The molecule has 0 bridgehead atoms. The van der Waals surface area contributed by atoms with E-state index < -0.39 is 0 Å². The first kappa shape index (κ1) is 20.1. The summed E-state index contributed by atoms with van der Waals surface area (Å²) in [5.41, 5.74) is 3.77. The molecule has 6 nitrogen and oxygen atoms in total. The van der Waals surface area contributed by atoms with E-state index in [1.807, 2.05) is 61.7 Å². The maximum atomic E-state index is 12.8. The van der Waals surface area contributed by atoms with E-state index in [1.165, 1.54) is 11.8 Å². The van der Waals surface area contributed by atoms with E-state index >= 15 is 0 Å². The normalized spacial score (nSPS) is 12.0. The van der Waals surface area contributed by atoms with Gasteiger partial charge in [-0.3, -0.25) is 9.78 Å². The van der Waals surface area contributed by atoms with Crippen molar-refractivity contribution in [3.8, 4) is 11.5 Å². The van der Waals surface area contributed by atoms with Gasteiger partial charge in [-0.1, -0.05) is 43.0 Å². The number of amides is 1. The third kappa shape index (κ3) is 4.42. The topological polar surface area (TPSA) is 72.7 Å². The Balaban J connectivity index is 1.79. The van der Waals surface area contributed by atoms with Gasteiger partial charge in [0.1, 0.15) is 5.69 Å². The van der Waals surface area contributed by atoms with Gasteiger partial charge in [-0.2, -0.15) is 0 Å². The molecule has 146 valence electrons. The molecule has 0 aliphatic rings. The second-order valence-corrected chi connectivity index (χ2v) is 8.00. The first-order valence-electron chi connectivity index (χ1n) is 9.39. The van der Waals surface area contributed by atoms with Crippen LogP contribution in [0.5, 0.6) is 0 Å². The fourth-order valence-corrected chi connectivity index (χ4v) is 3.81. The Bertz CT molecular complexity index is 934. The summed E-state index contributed by atoms with van der Waals surface area (Å²) in [4.78, 5) is 17.1. The number of rotatable bonds is 7. The number of aromatic nitrogens is 4. The van der Waals surface area contributed by atoms with Crippen LogP contribution in [0.3, 0.4) is 0 Å². The highest BCUT2D eigenvalue weighted by Crippen LogP contribution is 2.28. The Morgan fingerprint density at radius 1 is 1.14 bits per heavy atom. The van der Waals surface area contributed by atoms with E-state index in [0.717, 1.165) is 46.5 Å². The van der Waals surface area contributed by atoms with E-state index in [4.69, 9.17) is 0 Å². The van der Waals surface area contributed by atoms with Crippen LogP contribution >= 0.6 is 11.8 Å². The van der Waals surface area contributed by atoms with Crippen molar-refractivity contribution in [2.24, 2.45) is 0 Å². The molecule has 1 N–H and O–H groups in total. The number of carbonyl (C=O) groups excluding carboxylic acids is 1. The van der Waals surface area contributed by atoms with Crippen LogP contribution in [-0.4, -0.2) is 30.9 Å². The molecule has 2 heterocycles. The van der Waals surface area contributed by atoms with Crippen LogP contribution in [0, 0.1) is 13.8 Å². The number of nitrogens with one attached hydrogen (secondary N) is 1. The molecule has 0 fully saturated rings. The Labute approximate surface area is 169 Å². The van der Waals surface area contributed by atoms with Crippen LogP contribution in [0.4, 0.5) is 5.69 Å². The first-order chi connectivity index (χ1) is 13.5. The lowest BCUT2D eigenvalue weighted by Crippen LogP contribution is -2.24. The molecule has 0 saturated carbocycles. The zero-order valence-corrected chi connectivity index (χ0v) is 17.5. The van der Waals surface area contributed by atoms with Crippen molar-refractivity contribution >= 4 is 23.4 Å². The Kier molecular flexibility index (Phi) is 6.46. The van der Waals surface area contributed by atoms with Gasteiger partial charge in [0.2, 0.25) is 5.91 Å². The predicted molar refractivity (Wildman–Crippen MR) is 113 cm³/mol. The summed E-state index contributed by atoms with van der Waals surface area (Å²) in [5.74, 6) is 0.681. The standard InChI is InChI=1S/C21H25N5OS/c1-5-13-26-19(17-11-6-7-12-22-17)24-25-21(26)28-16(4)20(27)23-18-14(2)9-8-10-15(18)3/h6-12,16H,5,13H2,1-4H3,(H,23,27)/t16-/m1/s1. The minimum absolute atomic E-state index is 0.0483. The van der Waals surface area contributed by atoms with Crippen LogP contribution in [0.25, 0.3) is 11.5 Å². The zero-order valence-electron chi connectivity index (χ0n) is 16.6. The largest absolute Gasteiger partial charge is 0.325 e. The molecule has 0 unspecified atom stereocenters. The molecule has 1 amide bonds. The molecule has 28 heavy (non-hydrogen) atoms. The van der Waals surface area contributed by atoms with Crippen molar-refractivity contribution in [1.29, 1.82) is 0 Å². The fourth-order valence-electron chi connectivity index (χ4n) is 2.93. The van der Waals surface area contributed by atoms with E-state index in [9.17, 15) is 4.79 Å². The van der Waals surface area contributed by atoms with E-state index in [-0.39, 0.29) is 11.2 Å². The molecule has 0 saturated heterocycles. The lowest BCUT2D eigenvalue weighted by molar-refractivity contribution is -0.115. The maximum absolute atomic E-state index is 12.8. The van der Waals surface area contributed by atoms with Crippen LogP contribution < -0.4 is 5.32 Å². The average Bonchev–Trinajstić information content (AvgIpc) is 3.08. The van der Waals surface area contributed by atoms with E-state index in [2.05, 4.69) is 27.4 Å². The highest BCUT2D eigenvalue weighted by molar-refractivity contribution is 8.00. The lowest BCUT2D eigenvalue weighted by atomic mass is 10.1. The zero-order chi connectivity index (χ0) is 20.1. The number of nitrogens with zero attached hydrogens (tertiary/aromatic N) is 4. The molecular formula is C21H25N5OS. The van der Waals surface area contributed by atoms with Crippen LogP contribution in [-0.2, 0) is 11.3 Å². The lowest BCUT2D eigenvalue weighted by Gasteiger charge is -2.15. The molecule has 3 rings (SSSR count). The number of para-hydroxylation sites is 1. The van der Waals surface area contributed by atoms with Crippen LogP contribution in [0.1, 0.15) is 31.4 Å². The average molecular weight is 396 g/mol. The monoisotopic (exact) mass is 395 g/mol. The van der Waals surface area contributed by atoms with Gasteiger partial charge in [0.25, 0.3) is 0 Å². The number of thioether (sulfide) groups is 1. The highest BCUT2D eigenvalue weighted by atomic mass is 32.2. The number of hydrogen-bond acceptors (Lipinski definition) is 5. The van der Waals surface area contributed by atoms with Gasteiger partial charge in [0.05, 0.1) is 5.25 Å². The quantitative estimate of drug-likeness (QED) is 0.597. The van der Waals surface area contributed by atoms with E-state index in [0.29, 0.717) is 0 Å². The summed E-state index contributed by atoms with van der Waals surface area (Å²) < 4.78 is 2.04. The smallest absolute Gasteiger partial charge is 0.237 e. The summed E-state index contributed by atoms with van der Waals surface area (Å²) >= 11 is 1.41. The summed E-state index contributed by atoms with van der Waals surface area (Å²) in [7, 11) is 0. The molecule has 7 heteroatoms. The van der Waals surface area contributed by atoms with Gasteiger partial charge in [-0.05, 0) is 50.5 Å². The molecule has 0 aliphatic carbocycles. The number of anilines is 1. The second-order valence-electron chi connectivity index (χ2n) is 6.69. The predicted octanol–water partition coefficient (Wildman–Crippen LogP) is 4.49. The van der Waals surface area contributed by atoms with Gasteiger partial charge in [-0.25, -0.2) is 0 Å². The van der Waals surface area contributed by atoms with Gasteiger partial charge in [0, 0.05) is 18.4 Å². The van der Waals surface area contributed by atoms with E-state index in [1.54, 1.807) is 6.20 Å². The Morgan fingerprint density at radius 2 is 1.89 bits per heavy atom. The third-order valence-electron chi connectivity index (χ3n) is 4.44. The minimum Gasteiger partial charge on any atom is -0.325 e. The Hall–Kier alpha value is -2.67. The van der Waals surface area contributed by atoms with Crippen molar-refractivity contribution in [1.82, 2.24) is 19.7 Å². The molecule has 0 spiro atoms. The Morgan fingerprint density at radius 3 is 2.54 bits per heavy atom. The SMILES string of the molecule is CCCn1c(S[C@H](C)C(=O)Nc2c(C)cccc2C)nnc1-c1ccccn1. The third-order valence-corrected chi connectivity index (χ3v) is 5.52. The maximum Gasteiger partial charge on any atom is 0.237 e. The summed E-state index contributed by atoms with van der Waals surface area (Å²) in [6, 6.07) is 11.7. The molecule has 3 aromatic rings. The van der Waals surface area contributed by atoms with Crippen molar-refractivity contribution in [2.45, 2.75) is 51.1 Å². The minimum atomic E-state index is -0.310. The second kappa shape index (κ2) is 9.01. The summed E-state index contributed by atoms with van der Waals surface area (Å²) in [6.07, 6.45) is 2.68. The summed E-state index contributed by atoms with van der Waals surface area (Å²) in [6.45, 7) is 8.76. The number of pyridine rings is 1. The molecule has 1 atom stereocenters.